The van der Waals surface area contributed by atoms with Gasteiger partial charge in [-0.1, -0.05) is 0 Å². The van der Waals surface area contributed by atoms with Crippen LogP contribution in [0.4, 0.5) is 0 Å². The van der Waals surface area contributed by atoms with E-state index in [-0.39, 0.29) is 17.9 Å². The number of rotatable bonds is 4. The zero-order valence-corrected chi connectivity index (χ0v) is 13.2. The molecule has 0 saturated carbocycles. The van der Waals surface area contributed by atoms with Crippen LogP contribution in [0.15, 0.2) is 29.1 Å². The van der Waals surface area contributed by atoms with Gasteiger partial charge in [-0.25, -0.2) is 4.98 Å². The zero-order valence-electron chi connectivity index (χ0n) is 13.2. The fourth-order valence-corrected chi connectivity index (χ4v) is 3.01. The summed E-state index contributed by atoms with van der Waals surface area (Å²) in [6.07, 6.45) is 3.46. The second-order valence-corrected chi connectivity index (χ2v) is 6.15. The summed E-state index contributed by atoms with van der Waals surface area (Å²) >= 11 is 0. The summed E-state index contributed by atoms with van der Waals surface area (Å²) in [5, 5.41) is 3.02. The molecule has 1 amide bonds. The van der Waals surface area contributed by atoms with Crippen molar-refractivity contribution in [2.75, 3.05) is 6.54 Å². The molecule has 0 unspecified atom stereocenters. The first-order chi connectivity index (χ1) is 10.5. The average molecular weight is 302 g/mol. The number of carbonyl (C=O) groups is 1. The Balaban J connectivity index is 1.83. The summed E-state index contributed by atoms with van der Waals surface area (Å²) < 4.78 is 7.38. The number of fused-ring (bicyclic) bond motifs is 1. The number of furan rings is 1. The van der Waals surface area contributed by atoms with Gasteiger partial charge in [-0.2, -0.15) is 0 Å². The molecular formula is C16H22N4O2. The van der Waals surface area contributed by atoms with E-state index < -0.39 is 0 Å². The van der Waals surface area contributed by atoms with Crippen LogP contribution in [0.1, 0.15) is 36.9 Å². The SMILES string of the molecule is CC(C)NC(=O)[C@@H]1CN(Cc2ccco2)Cc2ncn(C)c21. The number of nitrogens with zero attached hydrogens (tertiary/aromatic N) is 3. The molecule has 0 aliphatic carbocycles. The number of aromatic nitrogens is 2. The lowest BCUT2D eigenvalue weighted by Crippen LogP contribution is -2.43. The molecule has 22 heavy (non-hydrogen) atoms. The molecule has 0 fully saturated rings. The minimum absolute atomic E-state index is 0.0593. The van der Waals surface area contributed by atoms with Gasteiger partial charge in [-0.15, -0.1) is 0 Å². The quantitative estimate of drug-likeness (QED) is 0.932. The van der Waals surface area contributed by atoms with E-state index in [0.29, 0.717) is 13.1 Å². The third kappa shape index (κ3) is 2.92. The Morgan fingerprint density at radius 3 is 3.05 bits per heavy atom. The fourth-order valence-electron chi connectivity index (χ4n) is 3.01. The third-order valence-corrected chi connectivity index (χ3v) is 3.91. The first-order valence-corrected chi connectivity index (χ1v) is 7.59. The van der Waals surface area contributed by atoms with Crippen LogP contribution >= 0.6 is 0 Å². The summed E-state index contributed by atoms with van der Waals surface area (Å²) in [6.45, 7) is 6.06. The maximum absolute atomic E-state index is 12.6. The topological polar surface area (TPSA) is 63.3 Å². The molecule has 3 rings (SSSR count). The van der Waals surface area contributed by atoms with E-state index in [1.807, 2.05) is 37.6 Å². The number of aryl methyl sites for hydroxylation is 1. The van der Waals surface area contributed by atoms with Crippen LogP contribution in [0.25, 0.3) is 0 Å². The molecule has 2 aromatic rings. The lowest BCUT2D eigenvalue weighted by Gasteiger charge is -2.32. The molecule has 1 N–H and O–H groups in total. The van der Waals surface area contributed by atoms with E-state index in [1.54, 1.807) is 12.6 Å². The van der Waals surface area contributed by atoms with Crippen molar-refractivity contribution in [1.82, 2.24) is 19.8 Å². The summed E-state index contributed by atoms with van der Waals surface area (Å²) in [7, 11) is 1.95. The van der Waals surface area contributed by atoms with Crippen LogP contribution in [0.3, 0.4) is 0 Å². The number of hydrogen-bond donors (Lipinski definition) is 1. The van der Waals surface area contributed by atoms with E-state index in [9.17, 15) is 4.79 Å². The van der Waals surface area contributed by atoms with Crippen molar-refractivity contribution in [3.63, 3.8) is 0 Å². The van der Waals surface area contributed by atoms with Crippen molar-refractivity contribution in [3.8, 4) is 0 Å². The van der Waals surface area contributed by atoms with E-state index in [2.05, 4.69) is 15.2 Å². The highest BCUT2D eigenvalue weighted by molar-refractivity contribution is 5.84. The Kier molecular flexibility index (Phi) is 4.02. The molecule has 6 heteroatoms. The lowest BCUT2D eigenvalue weighted by molar-refractivity contribution is -0.124. The van der Waals surface area contributed by atoms with Gasteiger partial charge < -0.3 is 14.3 Å². The van der Waals surface area contributed by atoms with Gasteiger partial charge in [0.2, 0.25) is 5.91 Å². The van der Waals surface area contributed by atoms with Crippen molar-refractivity contribution in [2.24, 2.45) is 7.05 Å². The lowest BCUT2D eigenvalue weighted by atomic mass is 9.96. The molecular weight excluding hydrogens is 280 g/mol. The molecule has 0 radical (unpaired) electrons. The maximum Gasteiger partial charge on any atom is 0.230 e. The Bertz CT molecular complexity index is 645. The van der Waals surface area contributed by atoms with Gasteiger partial charge in [0.25, 0.3) is 0 Å². The van der Waals surface area contributed by atoms with Crippen LogP contribution in [0, 0.1) is 0 Å². The highest BCUT2D eigenvalue weighted by Crippen LogP contribution is 2.28. The Morgan fingerprint density at radius 1 is 1.55 bits per heavy atom. The predicted octanol–water partition coefficient (Wildman–Crippen LogP) is 1.64. The summed E-state index contributed by atoms with van der Waals surface area (Å²) in [4.78, 5) is 19.2. The number of hydrogen-bond acceptors (Lipinski definition) is 4. The van der Waals surface area contributed by atoms with Gasteiger partial charge in [-0.05, 0) is 26.0 Å². The molecule has 1 aliphatic heterocycles. The van der Waals surface area contributed by atoms with Gasteiger partial charge >= 0.3 is 0 Å². The fraction of sp³-hybridized carbons (Fsp3) is 0.500. The molecule has 118 valence electrons. The largest absolute Gasteiger partial charge is 0.468 e. The monoisotopic (exact) mass is 302 g/mol. The van der Waals surface area contributed by atoms with Crippen LogP contribution in [-0.4, -0.2) is 32.9 Å². The van der Waals surface area contributed by atoms with E-state index in [0.717, 1.165) is 23.7 Å². The van der Waals surface area contributed by atoms with Crippen LogP contribution in [0.5, 0.6) is 0 Å². The number of nitrogens with one attached hydrogen (secondary N) is 1. The standard InChI is InChI=1S/C16H22N4O2/c1-11(2)18-16(21)13-8-20(7-12-5-4-6-22-12)9-14-15(13)19(3)10-17-14/h4-6,10-11,13H,7-9H2,1-3H3,(H,18,21)/t13-/m1/s1. The molecule has 1 atom stereocenters. The van der Waals surface area contributed by atoms with Gasteiger partial charge in [0.05, 0.1) is 36.4 Å². The predicted molar refractivity (Wildman–Crippen MR) is 82.0 cm³/mol. The van der Waals surface area contributed by atoms with Crippen LogP contribution in [0.2, 0.25) is 0 Å². The number of imidazole rings is 1. The minimum atomic E-state index is -0.200. The second-order valence-electron chi connectivity index (χ2n) is 6.15. The molecule has 0 saturated heterocycles. The van der Waals surface area contributed by atoms with Gasteiger partial charge in [0.1, 0.15) is 5.76 Å². The van der Waals surface area contributed by atoms with Gasteiger partial charge in [0, 0.05) is 26.2 Å². The summed E-state index contributed by atoms with van der Waals surface area (Å²) in [5.74, 6) is 0.764. The van der Waals surface area contributed by atoms with Crippen molar-refractivity contribution in [3.05, 3.63) is 41.9 Å². The third-order valence-electron chi connectivity index (χ3n) is 3.91. The number of carbonyl (C=O) groups excluding carboxylic acids is 1. The normalized spacial score (nSPS) is 18.5. The molecule has 3 heterocycles. The highest BCUT2D eigenvalue weighted by Gasteiger charge is 2.34. The van der Waals surface area contributed by atoms with E-state index in [1.165, 1.54) is 0 Å². The van der Waals surface area contributed by atoms with E-state index in [4.69, 9.17) is 4.42 Å². The van der Waals surface area contributed by atoms with Crippen molar-refractivity contribution in [1.29, 1.82) is 0 Å². The Labute approximate surface area is 130 Å². The molecule has 1 aliphatic rings. The maximum atomic E-state index is 12.6. The first kappa shape index (κ1) is 14.8. The first-order valence-electron chi connectivity index (χ1n) is 7.59. The second kappa shape index (κ2) is 5.96. The number of amides is 1. The van der Waals surface area contributed by atoms with Crippen LogP contribution in [-0.2, 0) is 24.9 Å². The van der Waals surface area contributed by atoms with Crippen LogP contribution < -0.4 is 5.32 Å². The van der Waals surface area contributed by atoms with Crippen molar-refractivity contribution < 1.29 is 9.21 Å². The molecule has 2 aromatic heterocycles. The molecule has 0 spiro atoms. The highest BCUT2D eigenvalue weighted by atomic mass is 16.3. The summed E-state index contributed by atoms with van der Waals surface area (Å²) in [6, 6.07) is 3.97. The molecule has 0 aromatic carbocycles. The van der Waals surface area contributed by atoms with Crippen molar-refractivity contribution >= 4 is 5.91 Å². The smallest absolute Gasteiger partial charge is 0.230 e. The average Bonchev–Trinajstić information content (AvgIpc) is 3.08. The zero-order chi connectivity index (χ0) is 15.7. The molecule has 0 bridgehead atoms. The Hall–Kier alpha value is -2.08. The van der Waals surface area contributed by atoms with Gasteiger partial charge in [0.15, 0.2) is 0 Å². The summed E-state index contributed by atoms with van der Waals surface area (Å²) in [5.41, 5.74) is 2.00. The van der Waals surface area contributed by atoms with Gasteiger partial charge in [-0.3, -0.25) is 9.69 Å². The van der Waals surface area contributed by atoms with E-state index >= 15 is 0 Å². The minimum Gasteiger partial charge on any atom is -0.468 e. The van der Waals surface area contributed by atoms with Crippen molar-refractivity contribution in [2.45, 2.75) is 38.9 Å². The molecule has 6 nitrogen and oxygen atoms in total. The Morgan fingerprint density at radius 2 is 2.36 bits per heavy atom.